The predicted octanol–water partition coefficient (Wildman–Crippen LogP) is 5.54. The summed E-state index contributed by atoms with van der Waals surface area (Å²) < 4.78 is 1.13. The zero-order valence-corrected chi connectivity index (χ0v) is 21.0. The minimum atomic E-state index is -0.972. The predicted molar refractivity (Wildman–Crippen MR) is 142 cm³/mol. The standard InChI is InChI=1S/C27H24ClN7O3/c28-20-8-9-23(31-15-32-34-29)21(12-20)19-7-10-25(35(38)14-19)22(11-16-1-2-16)26-30-13-24(33-26)17-3-5-18(6-4-17)27(36)37/h3-10,12-16,22H,1-2,11H2,(H4-,29,30,31,32,33,36,37,38)/p+1. The van der Waals surface area contributed by atoms with Gasteiger partial charge in [-0.15, -0.1) is 5.11 Å². The third kappa shape index (κ3) is 5.55. The highest BCUT2D eigenvalue weighted by Crippen LogP contribution is 2.41. The molecule has 2 aromatic carbocycles. The molecule has 0 amide bonds. The van der Waals surface area contributed by atoms with Gasteiger partial charge in [-0.05, 0) is 54.3 Å². The van der Waals surface area contributed by atoms with Gasteiger partial charge in [0.05, 0.1) is 28.7 Å². The van der Waals surface area contributed by atoms with Crippen LogP contribution in [0.2, 0.25) is 5.02 Å². The Morgan fingerprint density at radius 2 is 1.95 bits per heavy atom. The molecule has 2 heterocycles. The van der Waals surface area contributed by atoms with E-state index in [0.29, 0.717) is 33.4 Å². The molecule has 0 aliphatic heterocycles. The zero-order chi connectivity index (χ0) is 26.6. The summed E-state index contributed by atoms with van der Waals surface area (Å²) in [5.41, 5.74) is 4.52. The molecule has 5 rings (SSSR count). The number of nitrogens with zero attached hydrogens (tertiary/aromatic N) is 5. The van der Waals surface area contributed by atoms with Gasteiger partial charge in [0.1, 0.15) is 18.1 Å². The molecule has 1 aliphatic rings. The molecule has 38 heavy (non-hydrogen) atoms. The third-order valence-electron chi connectivity index (χ3n) is 6.54. The molecule has 1 unspecified atom stereocenters. The van der Waals surface area contributed by atoms with E-state index in [-0.39, 0.29) is 11.5 Å². The van der Waals surface area contributed by atoms with Crippen LogP contribution in [0.15, 0.2) is 82.3 Å². The third-order valence-corrected chi connectivity index (χ3v) is 6.77. The topological polar surface area (TPSA) is 153 Å². The van der Waals surface area contributed by atoms with Crippen molar-refractivity contribution in [3.63, 3.8) is 0 Å². The number of carboxylic acids is 1. The van der Waals surface area contributed by atoms with Crippen molar-refractivity contribution in [2.75, 3.05) is 0 Å². The Hall–Kier alpha value is -4.57. The van der Waals surface area contributed by atoms with Crippen molar-refractivity contribution in [1.29, 1.82) is 0 Å². The summed E-state index contributed by atoms with van der Waals surface area (Å²) in [4.78, 5) is 23.5. The summed E-state index contributed by atoms with van der Waals surface area (Å²) in [6.07, 6.45) is 7.72. The van der Waals surface area contributed by atoms with Crippen molar-refractivity contribution in [2.45, 2.75) is 25.2 Å². The fraction of sp³-hybridized carbons (Fsp3) is 0.185. The average molecular weight is 531 g/mol. The Labute approximate surface area is 223 Å². The number of aromatic amines is 1. The van der Waals surface area contributed by atoms with Gasteiger partial charge in [0, 0.05) is 21.4 Å². The van der Waals surface area contributed by atoms with E-state index in [1.165, 1.54) is 6.34 Å². The van der Waals surface area contributed by atoms with Crippen LogP contribution >= 0.6 is 11.6 Å². The van der Waals surface area contributed by atoms with Crippen LogP contribution in [-0.2, 0) is 0 Å². The molecule has 5 N–H and O–H groups in total. The molecule has 0 radical (unpaired) electrons. The van der Waals surface area contributed by atoms with Crippen LogP contribution < -0.4 is 10.6 Å². The van der Waals surface area contributed by atoms with Gasteiger partial charge in [-0.25, -0.2) is 14.8 Å². The lowest BCUT2D eigenvalue weighted by atomic mass is 9.95. The van der Waals surface area contributed by atoms with E-state index < -0.39 is 5.97 Å². The van der Waals surface area contributed by atoms with Crippen molar-refractivity contribution in [3.05, 3.63) is 89.1 Å². The van der Waals surface area contributed by atoms with E-state index in [4.69, 9.17) is 22.6 Å². The van der Waals surface area contributed by atoms with Gasteiger partial charge in [-0.3, -0.25) is 5.21 Å². The van der Waals surface area contributed by atoms with Gasteiger partial charge in [0.15, 0.2) is 0 Å². The number of carboxylic acid groups (broad SMARTS) is 1. The maximum atomic E-state index is 11.2. The number of H-pyrrole nitrogens is 1. The maximum absolute atomic E-state index is 11.2. The number of hydrogen-bond acceptors (Lipinski definition) is 5. The monoisotopic (exact) mass is 530 g/mol. The van der Waals surface area contributed by atoms with E-state index in [0.717, 1.165) is 41.1 Å². The van der Waals surface area contributed by atoms with Crippen molar-refractivity contribution in [3.8, 4) is 22.4 Å². The molecule has 11 heteroatoms. The van der Waals surface area contributed by atoms with Gasteiger partial charge in [0.25, 0.3) is 0 Å². The molecule has 1 fully saturated rings. The first-order chi connectivity index (χ1) is 18.4. The van der Waals surface area contributed by atoms with Crippen molar-refractivity contribution < 1.29 is 19.8 Å². The summed E-state index contributed by atoms with van der Waals surface area (Å²) in [5.74, 6) is 5.20. The number of pyridine rings is 1. The van der Waals surface area contributed by atoms with E-state index in [1.807, 2.05) is 12.1 Å². The maximum Gasteiger partial charge on any atom is 0.335 e. The van der Waals surface area contributed by atoms with Crippen LogP contribution in [0.5, 0.6) is 0 Å². The molecular weight excluding hydrogens is 506 g/mol. The fourth-order valence-electron chi connectivity index (χ4n) is 4.42. The lowest BCUT2D eigenvalue weighted by Crippen LogP contribution is -2.37. The molecule has 0 bridgehead atoms. The van der Waals surface area contributed by atoms with E-state index in [9.17, 15) is 10.0 Å². The minimum absolute atomic E-state index is 0.171. The number of aromatic carboxylic acids is 1. The highest BCUT2D eigenvalue weighted by Gasteiger charge is 2.34. The molecule has 1 aliphatic carbocycles. The minimum Gasteiger partial charge on any atom is -0.478 e. The lowest BCUT2D eigenvalue weighted by Gasteiger charge is -2.12. The molecular formula is C27H25ClN7O3+. The second-order valence-corrected chi connectivity index (χ2v) is 9.56. The summed E-state index contributed by atoms with van der Waals surface area (Å²) in [5, 5.41) is 27.5. The number of aliphatic imine (C=N–C) groups is 1. The first kappa shape index (κ1) is 25.1. The molecule has 2 aromatic heterocycles. The van der Waals surface area contributed by atoms with Crippen molar-refractivity contribution >= 4 is 29.6 Å². The number of carbonyl (C=O) groups is 1. The number of hydrogen-bond donors (Lipinski definition) is 4. The average Bonchev–Trinajstić information content (AvgIpc) is 3.61. The molecule has 4 aromatic rings. The largest absolute Gasteiger partial charge is 0.478 e. The Bertz CT molecular complexity index is 1530. The molecule has 1 saturated carbocycles. The Morgan fingerprint density at radius 3 is 2.63 bits per heavy atom. The highest BCUT2D eigenvalue weighted by molar-refractivity contribution is 6.31. The number of rotatable bonds is 9. The van der Waals surface area contributed by atoms with Crippen LogP contribution in [0.25, 0.3) is 22.4 Å². The molecule has 10 nitrogen and oxygen atoms in total. The fourth-order valence-corrected chi connectivity index (χ4v) is 4.59. The van der Waals surface area contributed by atoms with E-state index in [1.54, 1.807) is 54.9 Å². The van der Waals surface area contributed by atoms with Crippen LogP contribution in [0.1, 0.15) is 47.1 Å². The Morgan fingerprint density at radius 1 is 1.18 bits per heavy atom. The Balaban J connectivity index is 1.48. The highest BCUT2D eigenvalue weighted by atomic mass is 35.5. The molecule has 0 spiro atoms. The summed E-state index contributed by atoms with van der Waals surface area (Å²) in [7, 11) is 0. The number of aromatic nitrogens is 3. The summed E-state index contributed by atoms with van der Waals surface area (Å²) in [6.45, 7) is 0. The van der Waals surface area contributed by atoms with Gasteiger partial charge in [-0.1, -0.05) is 41.8 Å². The second kappa shape index (κ2) is 10.8. The van der Waals surface area contributed by atoms with Gasteiger partial charge >= 0.3 is 5.97 Å². The van der Waals surface area contributed by atoms with Crippen molar-refractivity contribution in [2.24, 2.45) is 27.1 Å². The smallest absolute Gasteiger partial charge is 0.335 e. The Kier molecular flexibility index (Phi) is 7.14. The lowest BCUT2D eigenvalue weighted by molar-refractivity contribution is -0.909. The van der Waals surface area contributed by atoms with Crippen LogP contribution in [0.3, 0.4) is 0 Å². The normalized spacial score (nSPS) is 14.3. The summed E-state index contributed by atoms with van der Waals surface area (Å²) >= 11 is 6.25. The number of benzene rings is 2. The summed E-state index contributed by atoms with van der Waals surface area (Å²) in [6, 6.07) is 15.6. The molecule has 1 atom stereocenters. The first-order valence-corrected chi connectivity index (χ1v) is 12.4. The second-order valence-electron chi connectivity index (χ2n) is 9.12. The van der Waals surface area contributed by atoms with Crippen LogP contribution in [0.4, 0.5) is 5.69 Å². The first-order valence-electron chi connectivity index (χ1n) is 12.0. The number of halogens is 1. The SMILES string of the molecule is NN=NC=Nc1ccc(Cl)cc1-c1ccc(C(CC2CC2)c2ncc(-c3ccc(C(=O)O)cc3)[nH]2)[n+](O)c1. The van der Waals surface area contributed by atoms with E-state index >= 15 is 0 Å². The number of nitrogens with one attached hydrogen (secondary N) is 1. The van der Waals surface area contributed by atoms with Gasteiger partial charge < -0.3 is 15.9 Å². The van der Waals surface area contributed by atoms with Crippen LogP contribution in [0, 0.1) is 5.92 Å². The number of imidazole rings is 1. The van der Waals surface area contributed by atoms with Crippen LogP contribution in [-0.4, -0.2) is 32.6 Å². The quantitative estimate of drug-likeness (QED) is 0.0425. The van der Waals surface area contributed by atoms with Gasteiger partial charge in [0.2, 0.25) is 11.9 Å². The van der Waals surface area contributed by atoms with Crippen molar-refractivity contribution in [1.82, 2.24) is 9.97 Å². The van der Waals surface area contributed by atoms with E-state index in [2.05, 4.69) is 25.3 Å². The zero-order valence-electron chi connectivity index (χ0n) is 20.2. The molecule has 192 valence electrons. The molecule has 0 saturated heterocycles. The van der Waals surface area contributed by atoms with Gasteiger partial charge in [-0.2, -0.15) is 0 Å². The number of nitrogens with two attached hydrogens (primary N) is 1.